The monoisotopic (exact) mass is 306 g/mol. The molecule has 1 aromatic rings. The second-order valence-electron chi connectivity index (χ2n) is 5.29. The summed E-state index contributed by atoms with van der Waals surface area (Å²) in [6.45, 7) is 3.86. The van der Waals surface area contributed by atoms with E-state index in [0.29, 0.717) is 0 Å². The third kappa shape index (κ3) is 3.23. The van der Waals surface area contributed by atoms with Crippen LogP contribution in [0.5, 0.6) is 0 Å². The van der Waals surface area contributed by atoms with E-state index < -0.39 is 12.1 Å². The van der Waals surface area contributed by atoms with Crippen molar-refractivity contribution in [1.29, 1.82) is 0 Å². The minimum Gasteiger partial charge on any atom is -0.339 e. The molecule has 1 fully saturated rings. The van der Waals surface area contributed by atoms with E-state index in [2.05, 4.69) is 12.2 Å². The van der Waals surface area contributed by atoms with E-state index in [-0.39, 0.29) is 17.9 Å². The fourth-order valence-corrected chi connectivity index (χ4v) is 3.53. The maximum Gasteiger partial charge on any atom is 0.250 e. The lowest BCUT2D eigenvalue weighted by atomic mass is 9.99. The van der Waals surface area contributed by atoms with Gasteiger partial charge in [0.15, 0.2) is 0 Å². The highest BCUT2D eigenvalue weighted by atomic mass is 32.2. The number of carbonyl (C=O) groups is 2. The highest BCUT2D eigenvalue weighted by Crippen LogP contribution is 2.25. The molecule has 1 aliphatic rings. The molecule has 1 heterocycles. The molecule has 1 aromatic carbocycles. The van der Waals surface area contributed by atoms with Gasteiger partial charge in [0.05, 0.1) is 0 Å². The van der Waals surface area contributed by atoms with Crippen molar-refractivity contribution in [2.75, 3.05) is 12.0 Å². The van der Waals surface area contributed by atoms with Gasteiger partial charge in [-0.15, -0.1) is 0 Å². The Kier molecular flexibility index (Phi) is 5.28. The molecule has 0 aromatic heterocycles. The standard InChI is InChI=1S/C16H22N2O2S/c1-4-13(10-21-3)18-11(2)15(19)17-14(16(18)20)12-8-6-5-7-9-12/h5-9,11,13-14H,4,10H2,1-3H3,(H,17,19). The number of hydrogen-bond acceptors (Lipinski definition) is 3. The van der Waals surface area contributed by atoms with Crippen molar-refractivity contribution in [3.8, 4) is 0 Å². The summed E-state index contributed by atoms with van der Waals surface area (Å²) >= 11 is 1.70. The number of hydrogen-bond donors (Lipinski definition) is 1. The normalized spacial score (nSPS) is 23.9. The SMILES string of the molecule is CCC(CSC)N1C(=O)C(c2ccccc2)NC(=O)C1C. The average molecular weight is 306 g/mol. The Morgan fingerprint density at radius 1 is 1.29 bits per heavy atom. The lowest BCUT2D eigenvalue weighted by molar-refractivity contribution is -0.151. The van der Waals surface area contributed by atoms with Gasteiger partial charge in [-0.1, -0.05) is 37.3 Å². The van der Waals surface area contributed by atoms with Crippen LogP contribution < -0.4 is 5.32 Å². The molecule has 0 aliphatic carbocycles. The zero-order chi connectivity index (χ0) is 15.4. The lowest BCUT2D eigenvalue weighted by Gasteiger charge is -2.42. The number of nitrogens with one attached hydrogen (secondary N) is 1. The average Bonchev–Trinajstić information content (AvgIpc) is 2.51. The van der Waals surface area contributed by atoms with Gasteiger partial charge in [-0.3, -0.25) is 9.59 Å². The van der Waals surface area contributed by atoms with Crippen LogP contribution in [0.1, 0.15) is 31.9 Å². The molecule has 0 spiro atoms. The summed E-state index contributed by atoms with van der Waals surface area (Å²) < 4.78 is 0. The molecule has 2 amide bonds. The van der Waals surface area contributed by atoms with E-state index in [1.165, 1.54) is 0 Å². The van der Waals surface area contributed by atoms with Crippen molar-refractivity contribution in [2.24, 2.45) is 0 Å². The lowest BCUT2D eigenvalue weighted by Crippen LogP contribution is -2.61. The van der Waals surface area contributed by atoms with Gasteiger partial charge in [0.1, 0.15) is 12.1 Å². The molecule has 1 N–H and O–H groups in total. The molecule has 3 atom stereocenters. The highest BCUT2D eigenvalue weighted by molar-refractivity contribution is 7.98. The molecular formula is C16H22N2O2S. The van der Waals surface area contributed by atoms with Crippen LogP contribution in [0.2, 0.25) is 0 Å². The van der Waals surface area contributed by atoms with Crippen molar-refractivity contribution < 1.29 is 9.59 Å². The predicted molar refractivity (Wildman–Crippen MR) is 86.1 cm³/mol. The fourth-order valence-electron chi connectivity index (χ4n) is 2.75. The number of piperazine rings is 1. The second-order valence-corrected chi connectivity index (χ2v) is 6.20. The molecular weight excluding hydrogens is 284 g/mol. The number of rotatable bonds is 5. The molecule has 3 unspecified atom stereocenters. The van der Waals surface area contributed by atoms with E-state index in [4.69, 9.17) is 0 Å². The predicted octanol–water partition coefficient (Wildman–Crippen LogP) is 2.22. The highest BCUT2D eigenvalue weighted by Gasteiger charge is 2.41. The van der Waals surface area contributed by atoms with Crippen LogP contribution in [0, 0.1) is 0 Å². The van der Waals surface area contributed by atoms with Gasteiger partial charge >= 0.3 is 0 Å². The van der Waals surface area contributed by atoms with Gasteiger partial charge in [-0.25, -0.2) is 0 Å². The number of carbonyl (C=O) groups excluding carboxylic acids is 2. The third-order valence-corrected chi connectivity index (χ3v) is 4.66. The summed E-state index contributed by atoms with van der Waals surface area (Å²) in [7, 11) is 0. The van der Waals surface area contributed by atoms with Crippen LogP contribution in [0.25, 0.3) is 0 Å². The van der Waals surface area contributed by atoms with Gasteiger partial charge < -0.3 is 10.2 Å². The van der Waals surface area contributed by atoms with Crippen LogP contribution >= 0.6 is 11.8 Å². The van der Waals surface area contributed by atoms with E-state index in [1.807, 2.05) is 36.6 Å². The molecule has 0 radical (unpaired) electrons. The first-order valence-corrected chi connectivity index (χ1v) is 8.66. The van der Waals surface area contributed by atoms with Gasteiger partial charge in [0.25, 0.3) is 5.91 Å². The number of benzene rings is 1. The molecule has 21 heavy (non-hydrogen) atoms. The molecule has 5 heteroatoms. The summed E-state index contributed by atoms with van der Waals surface area (Å²) in [5, 5.41) is 2.85. The summed E-state index contributed by atoms with van der Waals surface area (Å²) in [5.74, 6) is 0.763. The van der Waals surface area contributed by atoms with E-state index in [1.54, 1.807) is 23.6 Å². The topological polar surface area (TPSA) is 49.4 Å². The molecule has 4 nitrogen and oxygen atoms in total. The quantitative estimate of drug-likeness (QED) is 0.907. The summed E-state index contributed by atoms with van der Waals surface area (Å²) in [4.78, 5) is 26.9. The Morgan fingerprint density at radius 2 is 1.95 bits per heavy atom. The Hall–Kier alpha value is -1.49. The smallest absolute Gasteiger partial charge is 0.250 e. The minimum absolute atomic E-state index is 0.00537. The number of nitrogens with zero attached hydrogens (tertiary/aromatic N) is 1. The number of thioether (sulfide) groups is 1. The molecule has 1 saturated heterocycles. The zero-order valence-corrected chi connectivity index (χ0v) is 13.5. The molecule has 1 aliphatic heterocycles. The number of amides is 2. The Bertz CT molecular complexity index is 506. The second kappa shape index (κ2) is 6.98. The van der Waals surface area contributed by atoms with Crippen molar-refractivity contribution in [2.45, 2.75) is 38.4 Å². The Balaban J connectivity index is 2.31. The first-order valence-electron chi connectivity index (χ1n) is 7.26. The third-order valence-electron chi connectivity index (χ3n) is 3.94. The Morgan fingerprint density at radius 3 is 2.52 bits per heavy atom. The van der Waals surface area contributed by atoms with Crippen LogP contribution in [-0.2, 0) is 9.59 Å². The fraction of sp³-hybridized carbons (Fsp3) is 0.500. The van der Waals surface area contributed by atoms with Gasteiger partial charge in [-0.05, 0) is 25.2 Å². The maximum absolute atomic E-state index is 12.9. The summed E-state index contributed by atoms with van der Waals surface area (Å²) in [6, 6.07) is 8.56. The van der Waals surface area contributed by atoms with E-state index in [9.17, 15) is 9.59 Å². The molecule has 114 valence electrons. The van der Waals surface area contributed by atoms with Crippen molar-refractivity contribution >= 4 is 23.6 Å². The largest absolute Gasteiger partial charge is 0.339 e. The van der Waals surface area contributed by atoms with Gasteiger partial charge in [-0.2, -0.15) is 11.8 Å². The van der Waals surface area contributed by atoms with Crippen LogP contribution in [-0.4, -0.2) is 40.8 Å². The van der Waals surface area contributed by atoms with Crippen molar-refractivity contribution in [1.82, 2.24) is 10.2 Å². The molecule has 0 bridgehead atoms. The zero-order valence-electron chi connectivity index (χ0n) is 12.7. The molecule has 0 saturated carbocycles. The first-order chi connectivity index (χ1) is 10.1. The van der Waals surface area contributed by atoms with E-state index in [0.717, 1.165) is 17.7 Å². The van der Waals surface area contributed by atoms with Crippen molar-refractivity contribution in [3.05, 3.63) is 35.9 Å². The van der Waals surface area contributed by atoms with Crippen LogP contribution in [0.4, 0.5) is 0 Å². The van der Waals surface area contributed by atoms with Crippen LogP contribution in [0.15, 0.2) is 30.3 Å². The maximum atomic E-state index is 12.9. The van der Waals surface area contributed by atoms with Crippen molar-refractivity contribution in [3.63, 3.8) is 0 Å². The minimum atomic E-state index is -0.564. The summed E-state index contributed by atoms with van der Waals surface area (Å²) in [5.41, 5.74) is 0.840. The Labute approximate surface area is 130 Å². The summed E-state index contributed by atoms with van der Waals surface area (Å²) in [6.07, 6.45) is 2.88. The van der Waals surface area contributed by atoms with Gasteiger partial charge in [0.2, 0.25) is 5.91 Å². The first kappa shape index (κ1) is 15.9. The molecule has 2 rings (SSSR count). The van der Waals surface area contributed by atoms with Crippen LogP contribution in [0.3, 0.4) is 0 Å². The van der Waals surface area contributed by atoms with E-state index >= 15 is 0 Å². The van der Waals surface area contributed by atoms with Gasteiger partial charge in [0, 0.05) is 11.8 Å².